The Morgan fingerprint density at radius 3 is 2.79 bits per heavy atom. The van der Waals surface area contributed by atoms with Gasteiger partial charge >= 0.3 is 0 Å². The van der Waals surface area contributed by atoms with E-state index in [1.165, 1.54) is 24.0 Å². The summed E-state index contributed by atoms with van der Waals surface area (Å²) in [7, 11) is 0. The van der Waals surface area contributed by atoms with E-state index >= 15 is 0 Å². The van der Waals surface area contributed by atoms with Gasteiger partial charge in [0.1, 0.15) is 0 Å². The van der Waals surface area contributed by atoms with Crippen LogP contribution in [0, 0.1) is 11.3 Å². The lowest BCUT2D eigenvalue weighted by atomic mass is 9.89. The summed E-state index contributed by atoms with van der Waals surface area (Å²) in [6.07, 6.45) is 3.96. The van der Waals surface area contributed by atoms with Crippen LogP contribution < -0.4 is 0 Å². The van der Waals surface area contributed by atoms with E-state index in [-0.39, 0.29) is 0 Å². The van der Waals surface area contributed by atoms with Gasteiger partial charge in [-0.3, -0.25) is 0 Å². The highest BCUT2D eigenvalue weighted by Crippen LogP contribution is 2.29. The molecule has 0 radical (unpaired) electrons. The fraction of sp³-hybridized carbons (Fsp3) is 0.471. The van der Waals surface area contributed by atoms with Gasteiger partial charge in [-0.05, 0) is 30.4 Å². The molecule has 19 heavy (non-hydrogen) atoms. The molecule has 1 fully saturated rings. The van der Waals surface area contributed by atoms with E-state index in [1.807, 2.05) is 0 Å². The maximum Gasteiger partial charge on any atom is 0.0745 e. The summed E-state index contributed by atoms with van der Waals surface area (Å²) in [5.41, 5.74) is 3.79. The minimum Gasteiger partial charge on any atom is -0.374 e. The second-order valence-corrected chi connectivity index (χ2v) is 5.28. The predicted octanol–water partition coefficient (Wildman–Crippen LogP) is 3.86. The van der Waals surface area contributed by atoms with Crippen LogP contribution in [-0.4, -0.2) is 18.0 Å². The van der Waals surface area contributed by atoms with Crippen LogP contribution in [0.2, 0.25) is 0 Å². The van der Waals surface area contributed by atoms with Gasteiger partial charge in [-0.1, -0.05) is 37.8 Å². The summed E-state index contributed by atoms with van der Waals surface area (Å²) in [5.74, 6) is 0.579. The van der Waals surface area contributed by atoms with Gasteiger partial charge in [0.05, 0.1) is 12.5 Å². The SMILES string of the molecule is C=C(CC#N)N1CCCC(c2ccc(CC)cc2)C1. The molecule has 1 atom stereocenters. The van der Waals surface area contributed by atoms with Crippen LogP contribution in [0.4, 0.5) is 0 Å². The topological polar surface area (TPSA) is 27.0 Å². The van der Waals surface area contributed by atoms with Crippen LogP contribution in [0.15, 0.2) is 36.5 Å². The lowest BCUT2D eigenvalue weighted by molar-refractivity contribution is 0.256. The molecular weight excluding hydrogens is 232 g/mol. The highest BCUT2D eigenvalue weighted by atomic mass is 15.1. The largest absolute Gasteiger partial charge is 0.374 e. The minimum absolute atomic E-state index is 0.446. The van der Waals surface area contributed by atoms with E-state index in [2.05, 4.69) is 48.7 Å². The molecule has 0 aliphatic carbocycles. The fourth-order valence-electron chi connectivity index (χ4n) is 2.77. The van der Waals surface area contributed by atoms with Gasteiger partial charge in [0, 0.05) is 24.7 Å². The molecule has 1 aliphatic heterocycles. The maximum atomic E-state index is 8.77. The van der Waals surface area contributed by atoms with Crippen molar-refractivity contribution >= 4 is 0 Å². The van der Waals surface area contributed by atoms with Crippen LogP contribution in [0.1, 0.15) is 43.2 Å². The molecule has 100 valence electrons. The normalized spacial score (nSPS) is 18.9. The summed E-state index contributed by atoms with van der Waals surface area (Å²) in [6.45, 7) is 8.26. The average molecular weight is 254 g/mol. The van der Waals surface area contributed by atoms with Crippen molar-refractivity contribution in [3.63, 3.8) is 0 Å². The summed E-state index contributed by atoms with van der Waals surface area (Å²) >= 11 is 0. The van der Waals surface area contributed by atoms with Crippen molar-refractivity contribution in [1.82, 2.24) is 4.90 Å². The van der Waals surface area contributed by atoms with Crippen LogP contribution >= 0.6 is 0 Å². The molecule has 1 aliphatic rings. The highest BCUT2D eigenvalue weighted by molar-refractivity contribution is 5.26. The van der Waals surface area contributed by atoms with Crippen molar-refractivity contribution in [3.8, 4) is 6.07 Å². The van der Waals surface area contributed by atoms with Gasteiger partial charge in [-0.25, -0.2) is 0 Å². The van der Waals surface area contributed by atoms with E-state index in [9.17, 15) is 0 Å². The molecule has 2 heteroatoms. The number of nitriles is 1. The number of hydrogen-bond donors (Lipinski definition) is 0. The van der Waals surface area contributed by atoms with Gasteiger partial charge in [0.25, 0.3) is 0 Å². The van der Waals surface area contributed by atoms with Crippen molar-refractivity contribution in [3.05, 3.63) is 47.7 Å². The van der Waals surface area contributed by atoms with Gasteiger partial charge in [0.15, 0.2) is 0 Å². The fourth-order valence-corrected chi connectivity index (χ4v) is 2.77. The van der Waals surface area contributed by atoms with E-state index in [1.54, 1.807) is 0 Å². The van der Waals surface area contributed by atoms with E-state index in [4.69, 9.17) is 5.26 Å². The van der Waals surface area contributed by atoms with Gasteiger partial charge in [-0.15, -0.1) is 0 Å². The summed E-state index contributed by atoms with van der Waals surface area (Å²) in [4.78, 5) is 2.28. The number of nitrogens with zero attached hydrogens (tertiary/aromatic N) is 2. The molecule has 1 saturated heterocycles. The van der Waals surface area contributed by atoms with Gasteiger partial charge in [-0.2, -0.15) is 5.26 Å². The molecule has 1 heterocycles. The lowest BCUT2D eigenvalue weighted by Gasteiger charge is -2.35. The number of aryl methyl sites for hydroxylation is 1. The number of allylic oxidation sites excluding steroid dienone is 1. The van der Waals surface area contributed by atoms with Crippen molar-refractivity contribution < 1.29 is 0 Å². The van der Waals surface area contributed by atoms with E-state index < -0.39 is 0 Å². The molecule has 1 unspecified atom stereocenters. The molecule has 1 aromatic carbocycles. The molecule has 0 bridgehead atoms. The Hall–Kier alpha value is -1.75. The maximum absolute atomic E-state index is 8.77. The zero-order chi connectivity index (χ0) is 13.7. The van der Waals surface area contributed by atoms with Crippen molar-refractivity contribution in [2.45, 2.75) is 38.5 Å². The average Bonchev–Trinajstić information content (AvgIpc) is 2.48. The van der Waals surface area contributed by atoms with Gasteiger partial charge < -0.3 is 4.90 Å². The number of hydrogen-bond acceptors (Lipinski definition) is 2. The monoisotopic (exact) mass is 254 g/mol. The smallest absolute Gasteiger partial charge is 0.0745 e. The summed E-state index contributed by atoms with van der Waals surface area (Å²) in [5, 5.41) is 8.77. The van der Waals surface area contributed by atoms with Crippen molar-refractivity contribution in [1.29, 1.82) is 5.26 Å². The molecular formula is C17H22N2. The molecule has 0 saturated carbocycles. The number of likely N-dealkylation sites (tertiary alicyclic amines) is 1. The highest BCUT2D eigenvalue weighted by Gasteiger charge is 2.21. The number of rotatable bonds is 4. The summed E-state index contributed by atoms with van der Waals surface area (Å²) in [6, 6.07) is 11.2. The molecule has 1 aromatic rings. The first-order valence-electron chi connectivity index (χ1n) is 7.13. The molecule has 0 amide bonds. The third-order valence-corrected chi connectivity index (χ3v) is 4.01. The second-order valence-electron chi connectivity index (χ2n) is 5.28. The molecule has 0 spiro atoms. The zero-order valence-electron chi connectivity index (χ0n) is 11.7. The molecule has 0 N–H and O–H groups in total. The minimum atomic E-state index is 0.446. The predicted molar refractivity (Wildman–Crippen MR) is 78.7 cm³/mol. The Morgan fingerprint density at radius 2 is 2.16 bits per heavy atom. The molecule has 2 nitrogen and oxygen atoms in total. The summed E-state index contributed by atoms with van der Waals surface area (Å²) < 4.78 is 0. The first-order chi connectivity index (χ1) is 9.24. The van der Waals surface area contributed by atoms with Crippen LogP contribution in [0.3, 0.4) is 0 Å². The van der Waals surface area contributed by atoms with Crippen LogP contribution in [0.25, 0.3) is 0 Å². The van der Waals surface area contributed by atoms with Crippen LogP contribution in [0.5, 0.6) is 0 Å². The first kappa shape index (κ1) is 13.7. The zero-order valence-corrected chi connectivity index (χ0v) is 11.7. The van der Waals surface area contributed by atoms with Gasteiger partial charge in [0.2, 0.25) is 0 Å². The first-order valence-corrected chi connectivity index (χ1v) is 7.13. The Kier molecular flexibility index (Phi) is 4.63. The quantitative estimate of drug-likeness (QED) is 0.816. The number of benzene rings is 1. The van der Waals surface area contributed by atoms with Crippen molar-refractivity contribution in [2.24, 2.45) is 0 Å². The van der Waals surface area contributed by atoms with Crippen molar-refractivity contribution in [2.75, 3.05) is 13.1 Å². The Morgan fingerprint density at radius 1 is 1.42 bits per heavy atom. The van der Waals surface area contributed by atoms with E-state index in [0.29, 0.717) is 12.3 Å². The van der Waals surface area contributed by atoms with Crippen LogP contribution in [-0.2, 0) is 6.42 Å². The lowest BCUT2D eigenvalue weighted by Crippen LogP contribution is -2.33. The third kappa shape index (κ3) is 3.38. The Bertz CT molecular complexity index is 467. The Labute approximate surface area is 116 Å². The Balaban J connectivity index is 2.04. The standard InChI is InChI=1S/C17H22N2/c1-3-15-6-8-16(9-7-15)17-5-4-12-19(13-17)14(2)10-11-18/h6-9,17H,2-5,10,12-13H2,1H3. The van der Waals surface area contributed by atoms with E-state index in [0.717, 1.165) is 25.2 Å². The third-order valence-electron chi connectivity index (χ3n) is 4.01. The molecule has 2 rings (SSSR count). The molecule has 0 aromatic heterocycles. The number of piperidine rings is 1. The second kappa shape index (κ2) is 6.43.